The first kappa shape index (κ1) is 10.3. The van der Waals surface area contributed by atoms with Crippen LogP contribution < -0.4 is 10.2 Å². The first-order valence-electron chi connectivity index (χ1n) is 6.07. The highest BCUT2D eigenvalue weighted by atomic mass is 35.5. The first-order chi connectivity index (χ1) is 7.77. The number of fused-ring (bicyclic) bond motifs is 3. The molecule has 0 radical (unpaired) electrons. The van der Waals surface area contributed by atoms with Crippen LogP contribution in [0.3, 0.4) is 0 Å². The molecule has 1 fully saturated rings. The number of hydrogen-bond donors (Lipinski definition) is 1. The van der Waals surface area contributed by atoms with E-state index in [0.717, 1.165) is 11.6 Å². The number of piperidine rings is 1. The monoisotopic (exact) mass is 236 g/mol. The third kappa shape index (κ3) is 1.47. The van der Waals surface area contributed by atoms with Crippen molar-refractivity contribution in [3.05, 3.63) is 22.7 Å². The van der Waals surface area contributed by atoms with Gasteiger partial charge in [0.15, 0.2) is 0 Å². The van der Waals surface area contributed by atoms with Crippen LogP contribution in [0.15, 0.2) is 12.1 Å². The summed E-state index contributed by atoms with van der Waals surface area (Å²) in [5.74, 6) is 0. The molecule has 1 unspecified atom stereocenters. The van der Waals surface area contributed by atoms with Gasteiger partial charge in [-0.1, -0.05) is 11.6 Å². The Bertz CT molecular complexity index is 417. The van der Waals surface area contributed by atoms with Crippen LogP contribution in [0, 0.1) is 6.92 Å². The fourth-order valence-electron chi connectivity index (χ4n) is 2.88. The second-order valence-electron chi connectivity index (χ2n) is 4.79. The quantitative estimate of drug-likeness (QED) is 0.743. The smallest absolute Gasteiger partial charge is 0.0623 e. The fourth-order valence-corrected chi connectivity index (χ4v) is 3.04. The van der Waals surface area contributed by atoms with Crippen LogP contribution in [0.1, 0.15) is 24.8 Å². The van der Waals surface area contributed by atoms with E-state index in [1.165, 1.54) is 42.7 Å². The zero-order valence-corrected chi connectivity index (χ0v) is 10.3. The van der Waals surface area contributed by atoms with Crippen LogP contribution in [-0.2, 0) is 0 Å². The van der Waals surface area contributed by atoms with Gasteiger partial charge >= 0.3 is 0 Å². The van der Waals surface area contributed by atoms with Crippen LogP contribution in [-0.4, -0.2) is 19.1 Å². The van der Waals surface area contributed by atoms with E-state index in [-0.39, 0.29) is 0 Å². The topological polar surface area (TPSA) is 15.3 Å². The Morgan fingerprint density at radius 2 is 2.25 bits per heavy atom. The normalized spacial score (nSPS) is 23.4. The molecule has 0 bridgehead atoms. The first-order valence-corrected chi connectivity index (χ1v) is 6.45. The van der Waals surface area contributed by atoms with Crippen LogP contribution in [0.5, 0.6) is 0 Å². The predicted molar refractivity (Wildman–Crippen MR) is 69.7 cm³/mol. The van der Waals surface area contributed by atoms with Gasteiger partial charge in [-0.3, -0.25) is 0 Å². The Kier molecular flexibility index (Phi) is 2.47. The number of anilines is 2. The van der Waals surface area contributed by atoms with Crippen molar-refractivity contribution in [1.82, 2.24) is 0 Å². The molecule has 1 aromatic rings. The van der Waals surface area contributed by atoms with Gasteiger partial charge in [0.2, 0.25) is 0 Å². The van der Waals surface area contributed by atoms with E-state index in [4.69, 9.17) is 11.6 Å². The van der Waals surface area contributed by atoms with Gasteiger partial charge in [0, 0.05) is 24.2 Å². The van der Waals surface area contributed by atoms with Gasteiger partial charge in [-0.2, -0.15) is 0 Å². The molecule has 1 N–H and O–H groups in total. The minimum absolute atomic E-state index is 0.682. The number of benzene rings is 1. The SMILES string of the molecule is Cc1c(Cl)ccc2c1NCC1CCCCN21. The van der Waals surface area contributed by atoms with E-state index in [9.17, 15) is 0 Å². The molecule has 0 aliphatic carbocycles. The lowest BCUT2D eigenvalue weighted by Gasteiger charge is -2.43. The zero-order chi connectivity index (χ0) is 11.1. The van der Waals surface area contributed by atoms with Gasteiger partial charge in [-0.15, -0.1) is 0 Å². The van der Waals surface area contributed by atoms with Crippen LogP contribution in [0.4, 0.5) is 11.4 Å². The van der Waals surface area contributed by atoms with Gasteiger partial charge in [-0.25, -0.2) is 0 Å². The van der Waals surface area contributed by atoms with Gasteiger partial charge < -0.3 is 10.2 Å². The summed E-state index contributed by atoms with van der Waals surface area (Å²) in [5.41, 5.74) is 3.77. The summed E-state index contributed by atoms with van der Waals surface area (Å²) in [5, 5.41) is 4.41. The molecule has 3 rings (SSSR count). The third-order valence-electron chi connectivity index (χ3n) is 3.83. The maximum absolute atomic E-state index is 6.16. The van der Waals surface area contributed by atoms with E-state index in [1.807, 2.05) is 6.07 Å². The van der Waals surface area contributed by atoms with Crippen LogP contribution in [0.25, 0.3) is 0 Å². The minimum Gasteiger partial charge on any atom is -0.381 e. The second-order valence-corrected chi connectivity index (χ2v) is 5.20. The van der Waals surface area contributed by atoms with E-state index in [1.54, 1.807) is 0 Å². The highest BCUT2D eigenvalue weighted by molar-refractivity contribution is 6.32. The molecule has 86 valence electrons. The molecule has 2 aliphatic heterocycles. The molecule has 2 heterocycles. The summed E-state index contributed by atoms with van der Waals surface area (Å²) in [6.45, 7) is 4.35. The van der Waals surface area contributed by atoms with Crippen molar-refractivity contribution < 1.29 is 0 Å². The Hall–Kier alpha value is -0.890. The molecule has 0 spiro atoms. The Balaban J connectivity index is 2.05. The molecular formula is C13H17ClN2. The van der Waals surface area contributed by atoms with Crippen molar-refractivity contribution in [3.8, 4) is 0 Å². The Labute approximate surface area is 102 Å². The molecule has 0 aromatic heterocycles. The predicted octanol–water partition coefficient (Wildman–Crippen LogP) is 3.43. The van der Waals surface area contributed by atoms with Gasteiger partial charge in [0.05, 0.1) is 11.4 Å². The highest BCUT2D eigenvalue weighted by Crippen LogP contribution is 2.39. The zero-order valence-electron chi connectivity index (χ0n) is 9.59. The van der Waals surface area contributed by atoms with Crippen molar-refractivity contribution in [2.24, 2.45) is 0 Å². The molecule has 0 amide bonds. The third-order valence-corrected chi connectivity index (χ3v) is 4.24. The Morgan fingerprint density at radius 1 is 1.38 bits per heavy atom. The molecule has 16 heavy (non-hydrogen) atoms. The van der Waals surface area contributed by atoms with Gasteiger partial charge in [-0.05, 0) is 43.9 Å². The minimum atomic E-state index is 0.682. The van der Waals surface area contributed by atoms with Gasteiger partial charge in [0.25, 0.3) is 0 Å². The molecule has 1 saturated heterocycles. The van der Waals surface area contributed by atoms with Crippen molar-refractivity contribution in [2.45, 2.75) is 32.2 Å². The summed E-state index contributed by atoms with van der Waals surface area (Å²) in [4.78, 5) is 2.55. The van der Waals surface area contributed by atoms with Crippen LogP contribution in [0.2, 0.25) is 5.02 Å². The summed E-state index contributed by atoms with van der Waals surface area (Å²) in [6, 6.07) is 4.87. The Morgan fingerprint density at radius 3 is 3.12 bits per heavy atom. The van der Waals surface area contributed by atoms with E-state index in [0.29, 0.717) is 6.04 Å². The second kappa shape index (κ2) is 3.85. The number of halogens is 1. The molecule has 2 aliphatic rings. The van der Waals surface area contributed by atoms with Crippen LogP contribution >= 0.6 is 11.6 Å². The van der Waals surface area contributed by atoms with Crippen molar-refractivity contribution in [2.75, 3.05) is 23.3 Å². The average molecular weight is 237 g/mol. The molecule has 0 saturated carbocycles. The lowest BCUT2D eigenvalue weighted by atomic mass is 9.97. The molecule has 1 aromatic carbocycles. The summed E-state index contributed by atoms with van der Waals surface area (Å²) in [6.07, 6.45) is 4.00. The molecule has 3 heteroatoms. The lowest BCUT2D eigenvalue weighted by molar-refractivity contribution is 0.466. The lowest BCUT2D eigenvalue weighted by Crippen LogP contribution is -2.47. The molecular weight excluding hydrogens is 220 g/mol. The number of nitrogens with zero attached hydrogens (tertiary/aromatic N) is 1. The fraction of sp³-hybridized carbons (Fsp3) is 0.538. The average Bonchev–Trinajstić information content (AvgIpc) is 2.33. The van der Waals surface area contributed by atoms with E-state index in [2.05, 4.69) is 23.2 Å². The highest BCUT2D eigenvalue weighted by Gasteiger charge is 2.29. The number of hydrogen-bond acceptors (Lipinski definition) is 2. The maximum Gasteiger partial charge on any atom is 0.0623 e. The summed E-state index contributed by atoms with van der Waals surface area (Å²) in [7, 11) is 0. The molecule has 2 nitrogen and oxygen atoms in total. The van der Waals surface area contributed by atoms with E-state index < -0.39 is 0 Å². The van der Waals surface area contributed by atoms with Crippen molar-refractivity contribution in [3.63, 3.8) is 0 Å². The largest absolute Gasteiger partial charge is 0.381 e. The number of rotatable bonds is 0. The maximum atomic E-state index is 6.16. The van der Waals surface area contributed by atoms with Crippen molar-refractivity contribution >= 4 is 23.0 Å². The van der Waals surface area contributed by atoms with Crippen molar-refractivity contribution in [1.29, 1.82) is 0 Å². The standard InChI is InChI=1S/C13H17ClN2/c1-9-11(14)5-6-12-13(9)15-8-10-4-2-3-7-16(10)12/h5-6,10,15H,2-4,7-8H2,1H3. The summed E-state index contributed by atoms with van der Waals surface area (Å²) >= 11 is 6.16. The molecule has 1 atom stereocenters. The number of nitrogens with one attached hydrogen (secondary N) is 1. The summed E-state index contributed by atoms with van der Waals surface area (Å²) < 4.78 is 0. The van der Waals surface area contributed by atoms with Gasteiger partial charge in [0.1, 0.15) is 0 Å². The van der Waals surface area contributed by atoms with E-state index >= 15 is 0 Å².